The van der Waals surface area contributed by atoms with E-state index in [0.29, 0.717) is 5.56 Å². The number of alkyl halides is 2. The SMILES string of the molecule is CCc1ccc(C(CO)NC(=O)c2nn(C(C)(C)C)c(Oc3ccc(F)cc3C(F)F)c2C)cc1. The molecule has 1 amide bonds. The van der Waals surface area contributed by atoms with E-state index in [0.717, 1.165) is 35.7 Å². The molecule has 0 bridgehead atoms. The van der Waals surface area contributed by atoms with Crippen LogP contribution in [0.15, 0.2) is 42.5 Å². The molecule has 1 atom stereocenters. The number of hydrogen-bond acceptors (Lipinski definition) is 4. The predicted octanol–water partition coefficient (Wildman–Crippen LogP) is 5.84. The number of aliphatic hydroxyl groups excluding tert-OH is 1. The summed E-state index contributed by atoms with van der Waals surface area (Å²) in [7, 11) is 0. The Bertz CT molecular complexity index is 1190. The smallest absolute Gasteiger partial charge is 0.272 e. The molecule has 0 fully saturated rings. The summed E-state index contributed by atoms with van der Waals surface area (Å²) in [4.78, 5) is 13.2. The van der Waals surface area contributed by atoms with Crippen LogP contribution in [0.25, 0.3) is 0 Å². The molecule has 2 N–H and O–H groups in total. The molecule has 0 aliphatic heterocycles. The first-order chi connectivity index (χ1) is 16.5. The number of amides is 1. The van der Waals surface area contributed by atoms with Crippen LogP contribution < -0.4 is 10.1 Å². The fraction of sp³-hybridized carbons (Fsp3) is 0.385. The van der Waals surface area contributed by atoms with Crippen LogP contribution in [0, 0.1) is 12.7 Å². The van der Waals surface area contributed by atoms with Crippen molar-refractivity contribution in [3.63, 3.8) is 0 Å². The summed E-state index contributed by atoms with van der Waals surface area (Å²) in [5, 5.41) is 17.1. The molecule has 3 aromatic rings. The number of nitrogens with one attached hydrogen (secondary N) is 1. The number of carbonyl (C=O) groups is 1. The minimum absolute atomic E-state index is 0.0271. The fourth-order valence-corrected chi connectivity index (χ4v) is 3.60. The van der Waals surface area contributed by atoms with Gasteiger partial charge in [-0.1, -0.05) is 31.2 Å². The molecule has 9 heteroatoms. The number of aryl methyl sites for hydroxylation is 1. The number of rotatable bonds is 8. The summed E-state index contributed by atoms with van der Waals surface area (Å²) in [6.45, 7) is 8.75. The molecule has 0 saturated carbocycles. The Morgan fingerprint density at radius 1 is 1.17 bits per heavy atom. The first-order valence-corrected chi connectivity index (χ1v) is 11.3. The van der Waals surface area contributed by atoms with Crippen molar-refractivity contribution >= 4 is 5.91 Å². The van der Waals surface area contributed by atoms with Crippen LogP contribution >= 0.6 is 0 Å². The van der Waals surface area contributed by atoms with Crippen molar-refractivity contribution < 1.29 is 27.8 Å². The second-order valence-electron chi connectivity index (χ2n) is 9.25. The third-order valence-electron chi connectivity index (χ3n) is 5.61. The number of hydrogen-bond donors (Lipinski definition) is 2. The summed E-state index contributed by atoms with van der Waals surface area (Å²) in [6.07, 6.45) is -2.09. The Kier molecular flexibility index (Phi) is 7.90. The molecular weight excluding hydrogens is 459 g/mol. The third-order valence-corrected chi connectivity index (χ3v) is 5.61. The standard InChI is InChI=1S/C26H30F3N3O3/c1-6-16-7-9-17(10-8-16)20(14-33)30-24(34)22-15(2)25(32(31-22)26(3,4)5)35-21-12-11-18(27)13-19(21)23(28)29/h7-13,20,23,33H,6,14H2,1-5H3,(H,30,34). The first-order valence-electron chi connectivity index (χ1n) is 11.3. The summed E-state index contributed by atoms with van der Waals surface area (Å²) in [5.74, 6) is -1.51. The third kappa shape index (κ3) is 5.85. The first kappa shape index (κ1) is 26.3. The lowest BCUT2D eigenvalue weighted by Gasteiger charge is -2.23. The van der Waals surface area contributed by atoms with E-state index in [9.17, 15) is 23.1 Å². The zero-order valence-electron chi connectivity index (χ0n) is 20.4. The second-order valence-corrected chi connectivity index (χ2v) is 9.25. The molecule has 2 aromatic carbocycles. The van der Waals surface area contributed by atoms with E-state index >= 15 is 0 Å². The number of carbonyl (C=O) groups excluding carboxylic acids is 1. The molecule has 1 aromatic heterocycles. The quantitative estimate of drug-likeness (QED) is 0.417. The minimum Gasteiger partial charge on any atom is -0.438 e. The topological polar surface area (TPSA) is 76.4 Å². The lowest BCUT2D eigenvalue weighted by Crippen LogP contribution is -2.32. The number of aliphatic hydroxyl groups is 1. The molecule has 0 aliphatic carbocycles. The zero-order valence-corrected chi connectivity index (χ0v) is 20.4. The molecular formula is C26H30F3N3O3. The maximum atomic E-state index is 13.6. The predicted molar refractivity (Wildman–Crippen MR) is 127 cm³/mol. The molecule has 1 unspecified atom stereocenters. The maximum Gasteiger partial charge on any atom is 0.272 e. The Hall–Kier alpha value is -3.33. The largest absolute Gasteiger partial charge is 0.438 e. The fourth-order valence-electron chi connectivity index (χ4n) is 3.60. The average Bonchev–Trinajstić information content (AvgIpc) is 3.15. The normalized spacial score (nSPS) is 12.6. The van der Waals surface area contributed by atoms with Crippen LogP contribution in [0.5, 0.6) is 11.6 Å². The van der Waals surface area contributed by atoms with Gasteiger partial charge in [0.1, 0.15) is 11.6 Å². The number of nitrogens with zero attached hydrogens (tertiary/aromatic N) is 2. The summed E-state index contributed by atoms with van der Waals surface area (Å²) < 4.78 is 47.8. The van der Waals surface area contributed by atoms with Gasteiger partial charge in [0.05, 0.1) is 23.8 Å². The maximum absolute atomic E-state index is 13.6. The lowest BCUT2D eigenvalue weighted by atomic mass is 10.0. The number of aromatic nitrogens is 2. The summed E-state index contributed by atoms with van der Waals surface area (Å²) in [6, 6.07) is 9.74. The molecule has 0 spiro atoms. The van der Waals surface area contributed by atoms with Gasteiger partial charge >= 0.3 is 0 Å². The van der Waals surface area contributed by atoms with Crippen LogP contribution in [0.4, 0.5) is 13.2 Å². The van der Waals surface area contributed by atoms with E-state index in [1.165, 1.54) is 4.68 Å². The number of halogens is 3. The van der Waals surface area contributed by atoms with E-state index in [1.807, 2.05) is 52.0 Å². The van der Waals surface area contributed by atoms with Crippen molar-refractivity contribution in [1.29, 1.82) is 0 Å². The molecule has 1 heterocycles. The van der Waals surface area contributed by atoms with Gasteiger partial charge in [-0.15, -0.1) is 0 Å². The summed E-state index contributed by atoms with van der Waals surface area (Å²) >= 11 is 0. The average molecular weight is 490 g/mol. The molecule has 3 rings (SSSR count). The van der Waals surface area contributed by atoms with Gasteiger partial charge in [0.25, 0.3) is 12.3 Å². The van der Waals surface area contributed by atoms with Crippen molar-refractivity contribution in [1.82, 2.24) is 15.1 Å². The zero-order chi connectivity index (χ0) is 25.9. The van der Waals surface area contributed by atoms with E-state index in [2.05, 4.69) is 10.4 Å². The van der Waals surface area contributed by atoms with Gasteiger partial charge in [-0.25, -0.2) is 17.9 Å². The highest BCUT2D eigenvalue weighted by atomic mass is 19.3. The van der Waals surface area contributed by atoms with Gasteiger partial charge < -0.3 is 15.2 Å². The van der Waals surface area contributed by atoms with Crippen molar-refractivity contribution in [3.05, 3.63) is 76.2 Å². The van der Waals surface area contributed by atoms with Gasteiger partial charge in [-0.05, 0) is 63.4 Å². The molecule has 6 nitrogen and oxygen atoms in total. The van der Waals surface area contributed by atoms with Crippen LogP contribution in [0.1, 0.15) is 72.9 Å². The molecule has 188 valence electrons. The monoisotopic (exact) mass is 489 g/mol. The van der Waals surface area contributed by atoms with Gasteiger partial charge in [0.15, 0.2) is 5.69 Å². The highest BCUT2D eigenvalue weighted by molar-refractivity contribution is 5.94. The van der Waals surface area contributed by atoms with Crippen LogP contribution in [-0.2, 0) is 12.0 Å². The Morgan fingerprint density at radius 2 is 1.83 bits per heavy atom. The number of benzene rings is 2. The number of ether oxygens (including phenoxy) is 1. The molecule has 35 heavy (non-hydrogen) atoms. The van der Waals surface area contributed by atoms with Crippen LogP contribution in [0.3, 0.4) is 0 Å². The molecule has 0 aliphatic rings. The van der Waals surface area contributed by atoms with E-state index in [-0.39, 0.29) is 23.9 Å². The second kappa shape index (κ2) is 10.5. The molecule has 0 saturated heterocycles. The Labute approximate surface area is 202 Å². The van der Waals surface area contributed by atoms with Crippen molar-refractivity contribution in [2.24, 2.45) is 0 Å². The minimum atomic E-state index is -2.96. The van der Waals surface area contributed by atoms with Crippen LogP contribution in [0.2, 0.25) is 0 Å². The Morgan fingerprint density at radius 3 is 2.37 bits per heavy atom. The van der Waals surface area contributed by atoms with Crippen molar-refractivity contribution in [3.8, 4) is 11.6 Å². The highest BCUT2D eigenvalue weighted by Gasteiger charge is 2.30. The van der Waals surface area contributed by atoms with Gasteiger partial charge in [-0.3, -0.25) is 4.79 Å². The van der Waals surface area contributed by atoms with E-state index in [1.54, 1.807) is 6.92 Å². The van der Waals surface area contributed by atoms with Crippen molar-refractivity contribution in [2.45, 2.75) is 59.0 Å². The molecule has 0 radical (unpaired) electrons. The van der Waals surface area contributed by atoms with Crippen molar-refractivity contribution in [2.75, 3.05) is 6.61 Å². The van der Waals surface area contributed by atoms with E-state index in [4.69, 9.17) is 4.74 Å². The summed E-state index contributed by atoms with van der Waals surface area (Å²) in [5.41, 5.74) is 0.931. The Balaban J connectivity index is 1.97. The highest BCUT2D eigenvalue weighted by Crippen LogP contribution is 2.37. The van der Waals surface area contributed by atoms with Gasteiger partial charge in [-0.2, -0.15) is 5.10 Å². The van der Waals surface area contributed by atoms with Gasteiger partial charge in [0.2, 0.25) is 5.88 Å². The lowest BCUT2D eigenvalue weighted by molar-refractivity contribution is 0.0909. The van der Waals surface area contributed by atoms with Gasteiger partial charge in [0, 0.05) is 5.56 Å². The van der Waals surface area contributed by atoms with Crippen LogP contribution in [-0.4, -0.2) is 27.4 Å². The van der Waals surface area contributed by atoms with E-state index < -0.39 is 35.3 Å².